The van der Waals surface area contributed by atoms with Crippen LogP contribution in [0.3, 0.4) is 0 Å². The molecule has 0 radical (unpaired) electrons. The van der Waals surface area contributed by atoms with Crippen molar-refractivity contribution >= 4 is 6.08 Å². The Morgan fingerprint density at radius 1 is 0.947 bits per heavy atom. The van der Waals surface area contributed by atoms with Crippen molar-refractivity contribution in [3.05, 3.63) is 41.5 Å². The highest BCUT2D eigenvalue weighted by Crippen LogP contribution is 2.06. The van der Waals surface area contributed by atoms with Crippen molar-refractivity contribution < 1.29 is 10.4 Å². The zero-order valence-corrected chi connectivity index (χ0v) is 12.7. The molecule has 0 spiro atoms. The van der Waals surface area contributed by atoms with Gasteiger partial charge in [-0.3, -0.25) is 0 Å². The summed E-state index contributed by atoms with van der Waals surface area (Å²) < 4.78 is 0. The SMILES string of the molecule is CCC[NH+](CC=Cc1ccc(CC)cc1)CCC.[OH-]. The van der Waals surface area contributed by atoms with Crippen LogP contribution < -0.4 is 4.90 Å². The highest BCUT2D eigenvalue weighted by atomic mass is 16.0. The smallest absolute Gasteiger partial charge is 0.0961 e. The second-order valence-corrected chi connectivity index (χ2v) is 4.95. The summed E-state index contributed by atoms with van der Waals surface area (Å²) in [6, 6.07) is 8.88. The molecule has 0 atom stereocenters. The van der Waals surface area contributed by atoms with Crippen LogP contribution in [0.4, 0.5) is 0 Å². The van der Waals surface area contributed by atoms with Gasteiger partial charge in [-0.2, -0.15) is 0 Å². The Balaban J connectivity index is 0.00000324. The molecule has 0 saturated carbocycles. The van der Waals surface area contributed by atoms with Gasteiger partial charge in [0.2, 0.25) is 0 Å². The lowest BCUT2D eigenvalue weighted by atomic mass is 10.1. The molecule has 19 heavy (non-hydrogen) atoms. The van der Waals surface area contributed by atoms with Crippen molar-refractivity contribution in [1.82, 2.24) is 0 Å². The van der Waals surface area contributed by atoms with E-state index in [-0.39, 0.29) is 5.48 Å². The van der Waals surface area contributed by atoms with Crippen molar-refractivity contribution in [1.29, 1.82) is 0 Å². The average Bonchev–Trinajstić information content (AvgIpc) is 2.40. The molecule has 0 aromatic heterocycles. The maximum Gasteiger partial charge on any atom is 0.0961 e. The minimum absolute atomic E-state index is 0. The molecule has 2 N–H and O–H groups in total. The number of nitrogens with one attached hydrogen (secondary N) is 1. The number of hydrogen-bond acceptors (Lipinski definition) is 1. The van der Waals surface area contributed by atoms with Crippen LogP contribution in [0, 0.1) is 0 Å². The summed E-state index contributed by atoms with van der Waals surface area (Å²) in [7, 11) is 0. The van der Waals surface area contributed by atoms with Crippen LogP contribution >= 0.6 is 0 Å². The molecule has 0 bridgehead atoms. The highest BCUT2D eigenvalue weighted by molar-refractivity contribution is 5.49. The van der Waals surface area contributed by atoms with Gasteiger partial charge in [-0.05, 0) is 36.5 Å². The van der Waals surface area contributed by atoms with Crippen LogP contribution in [0.15, 0.2) is 30.3 Å². The van der Waals surface area contributed by atoms with Gasteiger partial charge in [0, 0.05) is 0 Å². The zero-order valence-electron chi connectivity index (χ0n) is 12.7. The molecule has 1 rings (SSSR count). The molecule has 1 aromatic rings. The lowest BCUT2D eigenvalue weighted by molar-refractivity contribution is -0.894. The van der Waals surface area contributed by atoms with E-state index >= 15 is 0 Å². The van der Waals surface area contributed by atoms with Gasteiger partial charge in [0.1, 0.15) is 0 Å². The molecule has 0 fully saturated rings. The first-order valence-electron chi connectivity index (χ1n) is 7.39. The maximum atomic E-state index is 2.32. The van der Waals surface area contributed by atoms with Gasteiger partial charge >= 0.3 is 0 Å². The molecule has 0 aliphatic heterocycles. The Bertz CT molecular complexity index is 337. The Morgan fingerprint density at radius 3 is 2.00 bits per heavy atom. The molecular weight excluding hydrogens is 234 g/mol. The van der Waals surface area contributed by atoms with E-state index in [0.717, 1.165) is 13.0 Å². The summed E-state index contributed by atoms with van der Waals surface area (Å²) in [5, 5.41) is 0. The fourth-order valence-corrected chi connectivity index (χ4v) is 2.26. The summed E-state index contributed by atoms with van der Waals surface area (Å²) in [6.45, 7) is 10.4. The van der Waals surface area contributed by atoms with Gasteiger partial charge in [-0.25, -0.2) is 0 Å². The van der Waals surface area contributed by atoms with Gasteiger partial charge in [0.15, 0.2) is 0 Å². The van der Waals surface area contributed by atoms with Gasteiger partial charge < -0.3 is 10.4 Å². The van der Waals surface area contributed by atoms with Crippen molar-refractivity contribution in [3.8, 4) is 0 Å². The lowest BCUT2D eigenvalue weighted by Crippen LogP contribution is -3.11. The van der Waals surface area contributed by atoms with Crippen molar-refractivity contribution in [3.63, 3.8) is 0 Å². The topological polar surface area (TPSA) is 34.4 Å². The third-order valence-electron chi connectivity index (χ3n) is 3.31. The van der Waals surface area contributed by atoms with Crippen LogP contribution in [-0.4, -0.2) is 25.1 Å². The van der Waals surface area contributed by atoms with Gasteiger partial charge in [-0.15, -0.1) is 0 Å². The van der Waals surface area contributed by atoms with E-state index in [2.05, 4.69) is 57.2 Å². The minimum Gasteiger partial charge on any atom is -0.870 e. The van der Waals surface area contributed by atoms with Crippen LogP contribution in [0.1, 0.15) is 44.7 Å². The van der Waals surface area contributed by atoms with Crippen LogP contribution in [0.2, 0.25) is 0 Å². The second-order valence-electron chi connectivity index (χ2n) is 4.95. The van der Waals surface area contributed by atoms with E-state index in [4.69, 9.17) is 0 Å². The number of hydrogen-bond donors (Lipinski definition) is 1. The number of benzene rings is 1. The quantitative estimate of drug-likeness (QED) is 0.769. The molecule has 0 aliphatic rings. The Hall–Kier alpha value is -1.12. The first-order chi connectivity index (χ1) is 8.80. The van der Waals surface area contributed by atoms with E-state index in [0.29, 0.717) is 0 Å². The molecule has 0 heterocycles. The van der Waals surface area contributed by atoms with E-state index in [1.807, 2.05) is 0 Å². The molecule has 0 unspecified atom stereocenters. The van der Waals surface area contributed by atoms with Crippen molar-refractivity contribution in [2.75, 3.05) is 19.6 Å². The first kappa shape index (κ1) is 17.9. The van der Waals surface area contributed by atoms with E-state index in [9.17, 15) is 0 Å². The van der Waals surface area contributed by atoms with Crippen molar-refractivity contribution in [2.45, 2.75) is 40.0 Å². The fourth-order valence-electron chi connectivity index (χ4n) is 2.26. The molecule has 2 heteroatoms. The van der Waals surface area contributed by atoms with Gasteiger partial charge in [0.05, 0.1) is 19.6 Å². The van der Waals surface area contributed by atoms with E-state index in [1.54, 1.807) is 4.90 Å². The molecule has 0 aliphatic carbocycles. The highest BCUT2D eigenvalue weighted by Gasteiger charge is 2.02. The fraction of sp³-hybridized carbons (Fsp3) is 0.529. The number of quaternary nitrogens is 1. The van der Waals surface area contributed by atoms with Gasteiger partial charge in [0.25, 0.3) is 0 Å². The second kappa shape index (κ2) is 10.8. The third kappa shape index (κ3) is 7.14. The van der Waals surface area contributed by atoms with Crippen LogP contribution in [-0.2, 0) is 6.42 Å². The van der Waals surface area contributed by atoms with E-state index in [1.165, 1.54) is 37.1 Å². The summed E-state index contributed by atoms with van der Waals surface area (Å²) >= 11 is 0. The first-order valence-corrected chi connectivity index (χ1v) is 7.39. The molecule has 1 aromatic carbocycles. The predicted molar refractivity (Wildman–Crippen MR) is 82.9 cm³/mol. The molecule has 2 nitrogen and oxygen atoms in total. The zero-order chi connectivity index (χ0) is 13.2. The Labute approximate surface area is 118 Å². The van der Waals surface area contributed by atoms with E-state index < -0.39 is 0 Å². The maximum absolute atomic E-state index is 2.32. The van der Waals surface area contributed by atoms with Crippen LogP contribution in [0.5, 0.6) is 0 Å². The minimum atomic E-state index is 0. The lowest BCUT2D eigenvalue weighted by Gasteiger charge is -2.15. The standard InChI is InChI=1S/C17H27N.H2O/c1-4-13-18(14-5-2)15-7-8-17-11-9-16(6-3)10-12-17;/h7-12H,4-6,13-15H2,1-3H3;1H2. The Kier molecular flexibility index (Phi) is 10.1. The number of rotatable bonds is 8. The monoisotopic (exact) mass is 263 g/mol. The molecule has 108 valence electrons. The summed E-state index contributed by atoms with van der Waals surface area (Å²) in [4.78, 5) is 1.70. The van der Waals surface area contributed by atoms with Crippen LogP contribution in [0.25, 0.3) is 6.08 Å². The molecule has 0 amide bonds. The molecular formula is C17H29NO. The Morgan fingerprint density at radius 2 is 1.53 bits per heavy atom. The number of aryl methyl sites for hydroxylation is 1. The third-order valence-corrected chi connectivity index (χ3v) is 3.31. The summed E-state index contributed by atoms with van der Waals surface area (Å²) in [5.41, 5.74) is 2.73. The summed E-state index contributed by atoms with van der Waals surface area (Å²) in [5.74, 6) is 0. The molecule has 0 saturated heterocycles. The largest absolute Gasteiger partial charge is 0.870 e. The van der Waals surface area contributed by atoms with Crippen molar-refractivity contribution in [2.24, 2.45) is 0 Å². The predicted octanol–water partition coefficient (Wildman–Crippen LogP) is 2.79. The van der Waals surface area contributed by atoms with Gasteiger partial charge in [-0.1, -0.05) is 51.1 Å². The normalized spacial score (nSPS) is 10.9. The summed E-state index contributed by atoms with van der Waals surface area (Å²) in [6.07, 6.45) is 8.24. The average molecular weight is 263 g/mol.